The number of halogens is 1. The van der Waals surface area contributed by atoms with Crippen molar-refractivity contribution in [1.29, 1.82) is 0 Å². The van der Waals surface area contributed by atoms with Gasteiger partial charge in [0.15, 0.2) is 0 Å². The molecular formula is C20H20FN5O2. The van der Waals surface area contributed by atoms with Crippen LogP contribution < -0.4 is 10.2 Å². The average molecular weight is 381 g/mol. The quantitative estimate of drug-likeness (QED) is 0.733. The molecule has 0 spiro atoms. The van der Waals surface area contributed by atoms with E-state index < -0.39 is 0 Å². The molecule has 3 aromatic rings. The SMILES string of the molecule is O=C(c1cc(NCc2ccco2)ncn1)N1CCN(c2ccccc2F)CC1. The molecule has 0 bridgehead atoms. The zero-order chi connectivity index (χ0) is 19.3. The monoisotopic (exact) mass is 381 g/mol. The van der Waals surface area contributed by atoms with E-state index in [2.05, 4.69) is 15.3 Å². The first-order valence-corrected chi connectivity index (χ1v) is 9.08. The van der Waals surface area contributed by atoms with Crippen molar-refractivity contribution in [3.05, 3.63) is 72.3 Å². The summed E-state index contributed by atoms with van der Waals surface area (Å²) in [4.78, 5) is 24.7. The maximum atomic E-state index is 14.0. The number of furan rings is 1. The van der Waals surface area contributed by atoms with E-state index in [9.17, 15) is 9.18 Å². The Morgan fingerprint density at radius 3 is 2.68 bits per heavy atom. The number of piperazine rings is 1. The molecule has 28 heavy (non-hydrogen) atoms. The van der Waals surface area contributed by atoms with Gasteiger partial charge in [0.2, 0.25) is 0 Å². The number of carbonyl (C=O) groups is 1. The molecule has 1 fully saturated rings. The smallest absolute Gasteiger partial charge is 0.272 e. The van der Waals surface area contributed by atoms with Crippen molar-refractivity contribution in [2.24, 2.45) is 0 Å². The number of nitrogens with zero attached hydrogens (tertiary/aromatic N) is 4. The molecule has 0 aliphatic carbocycles. The summed E-state index contributed by atoms with van der Waals surface area (Å²) < 4.78 is 19.2. The van der Waals surface area contributed by atoms with E-state index in [1.54, 1.807) is 29.4 Å². The fourth-order valence-corrected chi connectivity index (χ4v) is 3.18. The van der Waals surface area contributed by atoms with Crippen LogP contribution in [0.4, 0.5) is 15.9 Å². The van der Waals surface area contributed by atoms with Crippen molar-refractivity contribution in [2.75, 3.05) is 36.4 Å². The topological polar surface area (TPSA) is 74.5 Å². The lowest BCUT2D eigenvalue weighted by Crippen LogP contribution is -2.49. The number of hydrogen-bond donors (Lipinski definition) is 1. The largest absolute Gasteiger partial charge is 0.467 e. The molecule has 0 saturated carbocycles. The Morgan fingerprint density at radius 2 is 1.93 bits per heavy atom. The molecule has 0 unspecified atom stereocenters. The summed E-state index contributed by atoms with van der Waals surface area (Å²) in [5.74, 6) is 0.928. The van der Waals surface area contributed by atoms with Crippen LogP contribution in [0.5, 0.6) is 0 Å². The Balaban J connectivity index is 1.37. The van der Waals surface area contributed by atoms with Gasteiger partial charge in [0.1, 0.15) is 29.4 Å². The maximum Gasteiger partial charge on any atom is 0.272 e. The molecule has 144 valence electrons. The summed E-state index contributed by atoms with van der Waals surface area (Å²) in [7, 11) is 0. The van der Waals surface area contributed by atoms with Crippen LogP contribution >= 0.6 is 0 Å². The standard InChI is InChI=1S/C20H20FN5O2/c21-16-5-1-2-6-18(16)25-7-9-26(10-8-25)20(27)17-12-19(24-14-23-17)22-13-15-4-3-11-28-15/h1-6,11-12,14H,7-10,13H2,(H,22,23,24). The maximum absolute atomic E-state index is 14.0. The van der Waals surface area contributed by atoms with Crippen LogP contribution in [0, 0.1) is 5.82 Å². The van der Waals surface area contributed by atoms with Crippen LogP contribution in [0.2, 0.25) is 0 Å². The molecule has 7 nitrogen and oxygen atoms in total. The van der Waals surface area contributed by atoms with Crippen molar-refractivity contribution in [1.82, 2.24) is 14.9 Å². The van der Waals surface area contributed by atoms with Crippen molar-refractivity contribution in [3.8, 4) is 0 Å². The fourth-order valence-electron chi connectivity index (χ4n) is 3.18. The number of carbonyl (C=O) groups excluding carboxylic acids is 1. The molecular weight excluding hydrogens is 361 g/mol. The summed E-state index contributed by atoms with van der Waals surface area (Å²) in [5.41, 5.74) is 0.900. The van der Waals surface area contributed by atoms with Gasteiger partial charge in [-0.3, -0.25) is 4.79 Å². The van der Waals surface area contributed by atoms with Gasteiger partial charge in [0.25, 0.3) is 5.91 Å². The predicted molar refractivity (Wildman–Crippen MR) is 103 cm³/mol. The average Bonchev–Trinajstić information content (AvgIpc) is 3.26. The van der Waals surface area contributed by atoms with Crippen LogP contribution in [0.1, 0.15) is 16.2 Å². The number of para-hydroxylation sites is 1. The van der Waals surface area contributed by atoms with Crippen LogP contribution in [0.3, 0.4) is 0 Å². The van der Waals surface area contributed by atoms with Crippen LogP contribution in [-0.4, -0.2) is 47.0 Å². The molecule has 1 aromatic carbocycles. The van der Waals surface area contributed by atoms with Crippen molar-refractivity contribution >= 4 is 17.4 Å². The molecule has 1 amide bonds. The van der Waals surface area contributed by atoms with Crippen LogP contribution in [0.25, 0.3) is 0 Å². The normalized spacial score (nSPS) is 14.2. The molecule has 0 radical (unpaired) electrons. The van der Waals surface area contributed by atoms with Gasteiger partial charge < -0.3 is 19.5 Å². The van der Waals surface area contributed by atoms with E-state index in [0.717, 1.165) is 5.76 Å². The minimum absolute atomic E-state index is 0.156. The minimum atomic E-state index is -0.245. The first-order valence-electron chi connectivity index (χ1n) is 9.08. The van der Waals surface area contributed by atoms with Gasteiger partial charge in [-0.1, -0.05) is 12.1 Å². The Bertz CT molecular complexity index is 939. The van der Waals surface area contributed by atoms with Gasteiger partial charge in [-0.15, -0.1) is 0 Å². The minimum Gasteiger partial charge on any atom is -0.467 e. The highest BCUT2D eigenvalue weighted by molar-refractivity contribution is 5.93. The summed E-state index contributed by atoms with van der Waals surface area (Å²) in [5, 5.41) is 3.11. The van der Waals surface area contributed by atoms with Gasteiger partial charge in [0.05, 0.1) is 18.5 Å². The third kappa shape index (κ3) is 3.95. The first-order chi connectivity index (χ1) is 13.7. The van der Waals surface area contributed by atoms with Gasteiger partial charge in [-0.2, -0.15) is 0 Å². The second-order valence-electron chi connectivity index (χ2n) is 6.45. The molecule has 4 rings (SSSR count). The van der Waals surface area contributed by atoms with Crippen LogP contribution in [0.15, 0.2) is 59.5 Å². The molecule has 3 heterocycles. The Labute approximate surface area is 161 Å². The second kappa shape index (κ2) is 8.08. The summed E-state index contributed by atoms with van der Waals surface area (Å²) in [6, 6.07) is 12.0. The highest BCUT2D eigenvalue weighted by Crippen LogP contribution is 2.20. The van der Waals surface area contributed by atoms with Crippen molar-refractivity contribution < 1.29 is 13.6 Å². The number of rotatable bonds is 5. The molecule has 1 aliphatic heterocycles. The molecule has 1 N–H and O–H groups in total. The lowest BCUT2D eigenvalue weighted by atomic mass is 10.2. The van der Waals surface area contributed by atoms with Crippen molar-refractivity contribution in [2.45, 2.75) is 6.54 Å². The van der Waals surface area contributed by atoms with E-state index in [4.69, 9.17) is 4.42 Å². The zero-order valence-corrected chi connectivity index (χ0v) is 15.2. The Morgan fingerprint density at radius 1 is 1.11 bits per heavy atom. The summed E-state index contributed by atoms with van der Waals surface area (Å²) in [6.07, 6.45) is 2.97. The molecule has 1 aliphatic rings. The molecule has 1 saturated heterocycles. The molecule has 2 aromatic heterocycles. The van der Waals surface area contributed by atoms with Crippen LogP contribution in [-0.2, 0) is 6.54 Å². The fraction of sp³-hybridized carbons (Fsp3) is 0.250. The van der Waals surface area contributed by atoms with Gasteiger partial charge >= 0.3 is 0 Å². The number of anilines is 2. The predicted octanol–water partition coefficient (Wildman–Crippen LogP) is 2.78. The van der Waals surface area contributed by atoms with Crippen molar-refractivity contribution in [3.63, 3.8) is 0 Å². The zero-order valence-electron chi connectivity index (χ0n) is 15.2. The van der Waals surface area contributed by atoms with Gasteiger partial charge in [-0.25, -0.2) is 14.4 Å². The number of benzene rings is 1. The number of nitrogens with one attached hydrogen (secondary N) is 1. The lowest BCUT2D eigenvalue weighted by molar-refractivity contribution is 0.0740. The highest BCUT2D eigenvalue weighted by atomic mass is 19.1. The Hall–Kier alpha value is -3.42. The first kappa shape index (κ1) is 18.0. The van der Waals surface area contributed by atoms with E-state index >= 15 is 0 Å². The number of amides is 1. The molecule has 0 atom stereocenters. The third-order valence-corrected chi connectivity index (χ3v) is 4.67. The Kier molecular flexibility index (Phi) is 5.18. The van der Waals surface area contributed by atoms with E-state index in [1.165, 1.54) is 12.4 Å². The van der Waals surface area contributed by atoms with Gasteiger partial charge in [0, 0.05) is 32.2 Å². The molecule has 8 heteroatoms. The summed E-state index contributed by atoms with van der Waals surface area (Å²) in [6.45, 7) is 2.63. The van der Waals surface area contributed by atoms with E-state index in [-0.39, 0.29) is 11.7 Å². The summed E-state index contributed by atoms with van der Waals surface area (Å²) >= 11 is 0. The van der Waals surface area contributed by atoms with E-state index in [1.807, 2.05) is 23.1 Å². The van der Waals surface area contributed by atoms with Gasteiger partial charge in [-0.05, 0) is 24.3 Å². The lowest BCUT2D eigenvalue weighted by Gasteiger charge is -2.36. The second-order valence-corrected chi connectivity index (χ2v) is 6.45. The highest BCUT2D eigenvalue weighted by Gasteiger charge is 2.24. The van der Waals surface area contributed by atoms with E-state index in [0.29, 0.717) is 49.9 Å². The number of aromatic nitrogens is 2. The number of hydrogen-bond acceptors (Lipinski definition) is 6. The third-order valence-electron chi connectivity index (χ3n) is 4.67.